The Hall–Kier alpha value is -3.13. The van der Waals surface area contributed by atoms with E-state index in [0.717, 1.165) is 5.75 Å². The first kappa shape index (κ1) is 20.2. The number of nitrogens with one attached hydrogen (secondary N) is 2. The third-order valence-electron chi connectivity index (χ3n) is 3.56. The molecule has 1 aromatic carbocycles. The molecule has 0 radical (unpaired) electrons. The second-order valence-electron chi connectivity index (χ2n) is 5.46. The maximum absolute atomic E-state index is 12.2. The van der Waals surface area contributed by atoms with Crippen LogP contribution in [0.25, 0.3) is 0 Å². The Bertz CT molecular complexity index is 749. The van der Waals surface area contributed by atoms with Crippen molar-refractivity contribution < 1.29 is 23.8 Å². The average Bonchev–Trinajstić information content (AvgIpc) is 2.71. The molecule has 144 valence electrons. The van der Waals surface area contributed by atoms with Crippen LogP contribution in [0.5, 0.6) is 11.5 Å². The van der Waals surface area contributed by atoms with E-state index in [-0.39, 0.29) is 17.5 Å². The molecule has 8 heteroatoms. The number of hydrogen-bond acceptors (Lipinski definition) is 6. The maximum atomic E-state index is 12.2. The summed E-state index contributed by atoms with van der Waals surface area (Å²) in [4.78, 5) is 28.2. The molecule has 2 aromatic rings. The summed E-state index contributed by atoms with van der Waals surface area (Å²) >= 11 is 0. The molecule has 0 aliphatic rings. The Balaban J connectivity index is 1.79. The molecule has 2 amide bonds. The first-order valence-corrected chi connectivity index (χ1v) is 8.42. The minimum Gasteiger partial charge on any atom is -0.497 e. The zero-order chi connectivity index (χ0) is 19.5. The van der Waals surface area contributed by atoms with Gasteiger partial charge >= 0.3 is 0 Å². The zero-order valence-electron chi connectivity index (χ0n) is 15.4. The number of carbonyl (C=O) groups is 2. The van der Waals surface area contributed by atoms with E-state index in [1.165, 1.54) is 12.3 Å². The molecule has 0 saturated carbocycles. The molecule has 0 saturated heterocycles. The summed E-state index contributed by atoms with van der Waals surface area (Å²) in [5.41, 5.74) is 0.527. The Kier molecular flexibility index (Phi) is 8.05. The van der Waals surface area contributed by atoms with Gasteiger partial charge < -0.3 is 24.8 Å². The molecule has 0 bridgehead atoms. The average molecular weight is 373 g/mol. The summed E-state index contributed by atoms with van der Waals surface area (Å²) < 4.78 is 15.5. The smallest absolute Gasteiger partial charge is 0.269 e. The number of nitrogens with zero attached hydrogens (tertiary/aromatic N) is 1. The molecule has 2 rings (SSSR count). The van der Waals surface area contributed by atoms with Crippen LogP contribution in [0.4, 0.5) is 0 Å². The van der Waals surface area contributed by atoms with Crippen molar-refractivity contribution in [3.8, 4) is 11.5 Å². The first-order valence-electron chi connectivity index (χ1n) is 8.42. The minimum absolute atomic E-state index is 0.174. The number of pyridine rings is 1. The van der Waals surface area contributed by atoms with Gasteiger partial charge in [-0.3, -0.25) is 14.6 Å². The summed E-state index contributed by atoms with van der Waals surface area (Å²) in [7, 11) is 3.15. The number of methoxy groups -OCH3 is 2. The Morgan fingerprint density at radius 1 is 0.926 bits per heavy atom. The van der Waals surface area contributed by atoms with Crippen molar-refractivity contribution in [2.24, 2.45) is 0 Å². The molecule has 0 unspecified atom stereocenters. The fourth-order valence-electron chi connectivity index (χ4n) is 2.16. The summed E-state index contributed by atoms with van der Waals surface area (Å²) in [6, 6.07) is 10.2. The van der Waals surface area contributed by atoms with Crippen LogP contribution in [0.2, 0.25) is 0 Å². The van der Waals surface area contributed by atoms with E-state index in [0.29, 0.717) is 37.6 Å². The van der Waals surface area contributed by atoms with Gasteiger partial charge in [0.15, 0.2) is 0 Å². The number of amides is 2. The second-order valence-corrected chi connectivity index (χ2v) is 5.46. The number of benzene rings is 1. The van der Waals surface area contributed by atoms with E-state index >= 15 is 0 Å². The molecule has 27 heavy (non-hydrogen) atoms. The second kappa shape index (κ2) is 10.8. The van der Waals surface area contributed by atoms with Crippen molar-refractivity contribution in [1.82, 2.24) is 15.6 Å². The number of carbonyl (C=O) groups excluding carboxylic acids is 2. The molecule has 0 aliphatic carbocycles. The van der Waals surface area contributed by atoms with Crippen LogP contribution < -0.4 is 20.1 Å². The van der Waals surface area contributed by atoms with Gasteiger partial charge in [0, 0.05) is 25.4 Å². The molecule has 0 atom stereocenters. The number of rotatable bonds is 10. The quantitative estimate of drug-likeness (QED) is 0.609. The van der Waals surface area contributed by atoms with Gasteiger partial charge in [-0.15, -0.1) is 0 Å². The van der Waals surface area contributed by atoms with Crippen LogP contribution >= 0.6 is 0 Å². The highest BCUT2D eigenvalue weighted by Crippen LogP contribution is 2.16. The van der Waals surface area contributed by atoms with Gasteiger partial charge in [-0.05, 0) is 36.4 Å². The lowest BCUT2D eigenvalue weighted by atomic mass is 10.2. The number of ether oxygens (including phenoxy) is 3. The highest BCUT2D eigenvalue weighted by atomic mass is 16.5. The summed E-state index contributed by atoms with van der Waals surface area (Å²) in [5.74, 6) is 0.769. The van der Waals surface area contributed by atoms with Gasteiger partial charge in [0.2, 0.25) is 0 Å². The van der Waals surface area contributed by atoms with Crippen LogP contribution in [-0.2, 0) is 4.74 Å². The SMILES string of the molecule is COCCNC(=O)c1cc(C(=O)NCCOc2ccc(OC)cc2)ccn1. The predicted molar refractivity (Wildman–Crippen MR) is 99.3 cm³/mol. The molecule has 0 spiro atoms. The third kappa shape index (κ3) is 6.59. The van der Waals surface area contributed by atoms with E-state index in [1.807, 2.05) is 0 Å². The Morgan fingerprint density at radius 2 is 1.59 bits per heavy atom. The molecular weight excluding hydrogens is 350 g/mol. The van der Waals surface area contributed by atoms with Crippen LogP contribution in [0.3, 0.4) is 0 Å². The normalized spacial score (nSPS) is 10.1. The molecule has 1 heterocycles. The van der Waals surface area contributed by atoms with E-state index in [9.17, 15) is 9.59 Å². The van der Waals surface area contributed by atoms with Gasteiger partial charge in [-0.1, -0.05) is 0 Å². The summed E-state index contributed by atoms with van der Waals surface area (Å²) in [5, 5.41) is 5.40. The predicted octanol–water partition coefficient (Wildman–Crippen LogP) is 1.28. The molecule has 1 aromatic heterocycles. The molecule has 0 aliphatic heterocycles. The van der Waals surface area contributed by atoms with Crippen molar-refractivity contribution in [2.75, 3.05) is 40.5 Å². The zero-order valence-corrected chi connectivity index (χ0v) is 15.4. The first-order chi connectivity index (χ1) is 13.1. The van der Waals surface area contributed by atoms with Crippen LogP contribution in [0.1, 0.15) is 20.8 Å². The Morgan fingerprint density at radius 3 is 2.30 bits per heavy atom. The third-order valence-corrected chi connectivity index (χ3v) is 3.56. The van der Waals surface area contributed by atoms with Crippen molar-refractivity contribution in [3.05, 3.63) is 53.9 Å². The van der Waals surface area contributed by atoms with Gasteiger partial charge in [-0.2, -0.15) is 0 Å². The van der Waals surface area contributed by atoms with Gasteiger partial charge in [0.1, 0.15) is 23.8 Å². The molecule has 8 nitrogen and oxygen atoms in total. The standard InChI is InChI=1S/C19H23N3O5/c1-25-11-9-22-19(24)17-13-14(7-8-20-17)18(23)21-10-12-27-16-5-3-15(26-2)4-6-16/h3-8,13H,9-12H2,1-2H3,(H,21,23)(H,22,24). The molecule has 0 fully saturated rings. The van der Waals surface area contributed by atoms with E-state index in [4.69, 9.17) is 14.2 Å². The van der Waals surface area contributed by atoms with Crippen molar-refractivity contribution >= 4 is 11.8 Å². The van der Waals surface area contributed by atoms with Crippen LogP contribution in [0.15, 0.2) is 42.6 Å². The number of aromatic nitrogens is 1. The largest absolute Gasteiger partial charge is 0.497 e. The van der Waals surface area contributed by atoms with E-state index in [2.05, 4.69) is 15.6 Å². The highest BCUT2D eigenvalue weighted by Gasteiger charge is 2.11. The fraction of sp³-hybridized carbons (Fsp3) is 0.316. The lowest BCUT2D eigenvalue weighted by Crippen LogP contribution is -2.30. The summed E-state index contributed by atoms with van der Waals surface area (Å²) in [6.45, 7) is 1.41. The lowest BCUT2D eigenvalue weighted by Gasteiger charge is -2.09. The van der Waals surface area contributed by atoms with E-state index in [1.54, 1.807) is 44.6 Å². The minimum atomic E-state index is -0.357. The number of hydrogen-bond donors (Lipinski definition) is 2. The monoisotopic (exact) mass is 373 g/mol. The van der Waals surface area contributed by atoms with Crippen molar-refractivity contribution in [3.63, 3.8) is 0 Å². The summed E-state index contributed by atoms with van der Waals surface area (Å²) in [6.07, 6.45) is 1.42. The highest BCUT2D eigenvalue weighted by molar-refractivity contribution is 5.98. The maximum Gasteiger partial charge on any atom is 0.269 e. The van der Waals surface area contributed by atoms with Gasteiger partial charge in [-0.25, -0.2) is 0 Å². The molecular formula is C19H23N3O5. The topological polar surface area (TPSA) is 98.8 Å². The van der Waals surface area contributed by atoms with Crippen molar-refractivity contribution in [1.29, 1.82) is 0 Å². The lowest BCUT2D eigenvalue weighted by molar-refractivity contribution is 0.0932. The Labute approximate surface area is 157 Å². The fourth-order valence-corrected chi connectivity index (χ4v) is 2.16. The van der Waals surface area contributed by atoms with Gasteiger partial charge in [0.25, 0.3) is 11.8 Å². The molecule has 2 N–H and O–H groups in total. The van der Waals surface area contributed by atoms with Crippen molar-refractivity contribution in [2.45, 2.75) is 0 Å². The van der Waals surface area contributed by atoms with Crippen LogP contribution in [0, 0.1) is 0 Å². The van der Waals surface area contributed by atoms with Crippen LogP contribution in [-0.4, -0.2) is 57.3 Å². The van der Waals surface area contributed by atoms with E-state index < -0.39 is 0 Å². The van der Waals surface area contributed by atoms with Gasteiger partial charge in [0.05, 0.1) is 20.3 Å².